The van der Waals surface area contributed by atoms with Crippen LogP contribution in [0.5, 0.6) is 0 Å². The third-order valence-electron chi connectivity index (χ3n) is 4.65. The van der Waals surface area contributed by atoms with Gasteiger partial charge in [-0.25, -0.2) is 9.67 Å². The number of nitrogens with zero attached hydrogens (tertiary/aromatic N) is 6. The molecule has 0 saturated carbocycles. The SMILES string of the molecule is Cc1nc(C(=O)NC(c2nc(-c3ccncc3)no2)C(C)C)nn1-c1ccccc1Cl. The number of carbonyl (C=O) groups excluding carboxylic acids is 1. The van der Waals surface area contributed by atoms with Gasteiger partial charge in [-0.3, -0.25) is 9.78 Å². The van der Waals surface area contributed by atoms with Gasteiger partial charge in [-0.2, -0.15) is 4.98 Å². The van der Waals surface area contributed by atoms with Crippen molar-refractivity contribution >= 4 is 17.5 Å². The molecule has 0 radical (unpaired) electrons. The second-order valence-corrected chi connectivity index (χ2v) is 7.64. The molecule has 10 heteroatoms. The fourth-order valence-electron chi connectivity index (χ4n) is 3.04. The Labute approximate surface area is 183 Å². The van der Waals surface area contributed by atoms with Crippen LogP contribution >= 0.6 is 11.6 Å². The summed E-state index contributed by atoms with van der Waals surface area (Å²) in [6.07, 6.45) is 3.30. The summed E-state index contributed by atoms with van der Waals surface area (Å²) in [5.74, 6) is 0.832. The van der Waals surface area contributed by atoms with Gasteiger partial charge in [-0.1, -0.05) is 42.7 Å². The average molecular weight is 438 g/mol. The fourth-order valence-corrected chi connectivity index (χ4v) is 3.25. The number of hydrogen-bond donors (Lipinski definition) is 1. The topological polar surface area (TPSA) is 112 Å². The van der Waals surface area contributed by atoms with Gasteiger partial charge in [0.2, 0.25) is 17.5 Å². The van der Waals surface area contributed by atoms with E-state index in [0.717, 1.165) is 5.56 Å². The van der Waals surface area contributed by atoms with Crippen molar-refractivity contribution in [1.82, 2.24) is 35.2 Å². The highest BCUT2D eigenvalue weighted by Crippen LogP contribution is 2.24. The molecule has 0 aliphatic carbocycles. The normalized spacial score (nSPS) is 12.2. The van der Waals surface area contributed by atoms with E-state index in [1.807, 2.05) is 32.0 Å². The first kappa shape index (κ1) is 20.7. The monoisotopic (exact) mass is 437 g/mol. The molecule has 0 spiro atoms. The summed E-state index contributed by atoms with van der Waals surface area (Å²) in [6.45, 7) is 5.65. The molecule has 0 saturated heterocycles. The van der Waals surface area contributed by atoms with Crippen molar-refractivity contribution in [3.63, 3.8) is 0 Å². The molecule has 0 aliphatic heterocycles. The van der Waals surface area contributed by atoms with Crippen molar-refractivity contribution in [2.45, 2.75) is 26.8 Å². The molecule has 1 unspecified atom stereocenters. The van der Waals surface area contributed by atoms with E-state index in [0.29, 0.717) is 28.2 Å². The summed E-state index contributed by atoms with van der Waals surface area (Å²) in [6, 6.07) is 10.3. The van der Waals surface area contributed by atoms with Gasteiger partial charge in [-0.05, 0) is 37.1 Å². The lowest BCUT2D eigenvalue weighted by atomic mass is 10.0. The van der Waals surface area contributed by atoms with Crippen LogP contribution < -0.4 is 5.32 Å². The molecule has 1 N–H and O–H groups in total. The number of para-hydroxylation sites is 1. The minimum atomic E-state index is -0.511. The Morgan fingerprint density at radius 3 is 2.58 bits per heavy atom. The second-order valence-electron chi connectivity index (χ2n) is 7.23. The Morgan fingerprint density at radius 1 is 1.13 bits per heavy atom. The van der Waals surface area contributed by atoms with Crippen molar-refractivity contribution in [3.05, 3.63) is 71.4 Å². The minimum absolute atomic E-state index is 0.0126. The van der Waals surface area contributed by atoms with Crippen LogP contribution in [0.4, 0.5) is 0 Å². The number of pyridine rings is 1. The molecule has 4 aromatic rings. The smallest absolute Gasteiger partial charge is 0.291 e. The lowest BCUT2D eigenvalue weighted by Crippen LogP contribution is -2.32. The number of rotatable bonds is 6. The maximum Gasteiger partial charge on any atom is 0.291 e. The van der Waals surface area contributed by atoms with Crippen LogP contribution in [0.25, 0.3) is 17.1 Å². The number of nitrogens with one attached hydrogen (secondary N) is 1. The number of amides is 1. The van der Waals surface area contributed by atoms with E-state index in [4.69, 9.17) is 16.1 Å². The first-order chi connectivity index (χ1) is 14.9. The molecule has 9 nitrogen and oxygen atoms in total. The highest BCUT2D eigenvalue weighted by molar-refractivity contribution is 6.32. The minimum Gasteiger partial charge on any atom is -0.337 e. The zero-order valence-corrected chi connectivity index (χ0v) is 17.9. The van der Waals surface area contributed by atoms with Crippen LogP contribution in [-0.2, 0) is 0 Å². The van der Waals surface area contributed by atoms with Crippen molar-refractivity contribution < 1.29 is 9.32 Å². The van der Waals surface area contributed by atoms with Crippen LogP contribution in [0, 0.1) is 12.8 Å². The molecule has 0 bridgehead atoms. The zero-order valence-electron chi connectivity index (χ0n) is 17.2. The van der Waals surface area contributed by atoms with E-state index < -0.39 is 11.9 Å². The molecule has 1 amide bonds. The lowest BCUT2D eigenvalue weighted by Gasteiger charge is -2.17. The summed E-state index contributed by atoms with van der Waals surface area (Å²) in [5, 5.41) is 11.8. The van der Waals surface area contributed by atoms with E-state index in [1.165, 1.54) is 4.68 Å². The van der Waals surface area contributed by atoms with Gasteiger partial charge in [0.05, 0.1) is 10.7 Å². The highest BCUT2D eigenvalue weighted by Gasteiger charge is 2.27. The first-order valence-electron chi connectivity index (χ1n) is 9.67. The van der Waals surface area contributed by atoms with E-state index in [1.54, 1.807) is 37.5 Å². The molecular weight excluding hydrogens is 418 g/mol. The molecule has 0 aliphatic rings. The zero-order chi connectivity index (χ0) is 22.0. The lowest BCUT2D eigenvalue weighted by molar-refractivity contribution is 0.0903. The highest BCUT2D eigenvalue weighted by atomic mass is 35.5. The number of carbonyl (C=O) groups is 1. The standard InChI is InChI=1S/C21H20ClN7O2/c1-12(2)17(21-26-18(28-31-21)14-8-10-23-11-9-14)25-20(30)19-24-13(3)29(27-19)16-7-5-4-6-15(16)22/h4-12,17H,1-3H3,(H,25,30). The van der Waals surface area contributed by atoms with Crippen LogP contribution in [0.1, 0.15) is 42.2 Å². The average Bonchev–Trinajstić information content (AvgIpc) is 3.40. The Kier molecular flexibility index (Phi) is 5.77. The maximum absolute atomic E-state index is 12.9. The summed E-state index contributed by atoms with van der Waals surface area (Å²) < 4.78 is 6.97. The molecule has 0 fully saturated rings. The number of benzene rings is 1. The molecule has 158 valence electrons. The van der Waals surface area contributed by atoms with Crippen molar-refractivity contribution in [1.29, 1.82) is 0 Å². The molecule has 3 aromatic heterocycles. The fraction of sp³-hybridized carbons (Fsp3) is 0.238. The number of hydrogen-bond acceptors (Lipinski definition) is 7. The largest absolute Gasteiger partial charge is 0.337 e. The van der Waals surface area contributed by atoms with E-state index in [9.17, 15) is 4.79 Å². The van der Waals surface area contributed by atoms with Crippen molar-refractivity contribution in [2.75, 3.05) is 0 Å². The Bertz CT molecular complexity index is 1200. The van der Waals surface area contributed by atoms with Crippen LogP contribution in [0.3, 0.4) is 0 Å². The predicted octanol–water partition coefficient (Wildman–Crippen LogP) is 3.80. The molecule has 3 heterocycles. The third-order valence-corrected chi connectivity index (χ3v) is 4.97. The van der Waals surface area contributed by atoms with Crippen LogP contribution in [0.15, 0.2) is 53.3 Å². The third kappa shape index (κ3) is 4.31. The molecule has 1 aromatic carbocycles. The maximum atomic E-state index is 12.9. The molecule has 31 heavy (non-hydrogen) atoms. The van der Waals surface area contributed by atoms with Crippen molar-refractivity contribution in [2.24, 2.45) is 5.92 Å². The summed E-state index contributed by atoms with van der Waals surface area (Å²) >= 11 is 6.26. The Morgan fingerprint density at radius 2 is 1.87 bits per heavy atom. The van der Waals surface area contributed by atoms with Gasteiger partial charge >= 0.3 is 0 Å². The quantitative estimate of drug-likeness (QED) is 0.488. The van der Waals surface area contributed by atoms with Crippen LogP contribution in [-0.4, -0.2) is 35.8 Å². The summed E-state index contributed by atoms with van der Waals surface area (Å²) in [5.41, 5.74) is 1.42. The van der Waals surface area contributed by atoms with Gasteiger partial charge in [0.1, 0.15) is 11.9 Å². The molecule has 4 rings (SSSR count). The van der Waals surface area contributed by atoms with E-state index in [2.05, 4.69) is 30.5 Å². The van der Waals surface area contributed by atoms with Gasteiger partial charge in [-0.15, -0.1) is 5.10 Å². The second kappa shape index (κ2) is 8.65. The number of aryl methyl sites for hydroxylation is 1. The summed E-state index contributed by atoms with van der Waals surface area (Å²) in [7, 11) is 0. The van der Waals surface area contributed by atoms with Gasteiger partial charge in [0, 0.05) is 18.0 Å². The Hall–Kier alpha value is -3.59. The van der Waals surface area contributed by atoms with Crippen molar-refractivity contribution in [3.8, 4) is 17.1 Å². The number of halogens is 1. The van der Waals surface area contributed by atoms with E-state index >= 15 is 0 Å². The molecular formula is C21H20ClN7O2. The number of aromatic nitrogens is 6. The van der Waals surface area contributed by atoms with Gasteiger partial charge in [0.25, 0.3) is 5.91 Å². The molecule has 1 atom stereocenters. The van der Waals surface area contributed by atoms with Gasteiger partial charge < -0.3 is 9.84 Å². The first-order valence-corrected chi connectivity index (χ1v) is 10.0. The van der Waals surface area contributed by atoms with Crippen LogP contribution in [0.2, 0.25) is 5.02 Å². The summed E-state index contributed by atoms with van der Waals surface area (Å²) in [4.78, 5) is 25.6. The Balaban J connectivity index is 1.57. The predicted molar refractivity (Wildman–Crippen MR) is 114 cm³/mol. The van der Waals surface area contributed by atoms with Gasteiger partial charge in [0.15, 0.2) is 0 Å². The van der Waals surface area contributed by atoms with E-state index in [-0.39, 0.29) is 11.7 Å².